The molecule has 1 aromatic carbocycles. The molecule has 0 bridgehead atoms. The molecule has 2 aliphatic rings. The fourth-order valence-electron chi connectivity index (χ4n) is 5.37. The number of hydrogen-bond acceptors (Lipinski definition) is 5. The number of amides is 1. The summed E-state index contributed by atoms with van der Waals surface area (Å²) >= 11 is 0. The molecule has 2 fully saturated rings. The van der Waals surface area contributed by atoms with Gasteiger partial charge >= 0.3 is 12.3 Å². The first kappa shape index (κ1) is 27.7. The molecule has 4 atom stereocenters. The average Bonchev–Trinajstić information content (AvgIpc) is 2.76. The minimum Gasteiger partial charge on any atom is -0.444 e. The summed E-state index contributed by atoms with van der Waals surface area (Å²) in [6.07, 6.45) is -3.70. The van der Waals surface area contributed by atoms with Crippen LogP contribution in [0.1, 0.15) is 58.2 Å². The predicted octanol–water partition coefficient (Wildman–Crippen LogP) is 5.04. The van der Waals surface area contributed by atoms with E-state index in [0.29, 0.717) is 31.7 Å². The lowest BCUT2D eigenvalue weighted by Crippen LogP contribution is -2.60. The third kappa shape index (κ3) is 7.11. The van der Waals surface area contributed by atoms with Crippen LogP contribution in [0.3, 0.4) is 0 Å². The number of methoxy groups -OCH3 is 1. The number of carbonyl (C=O) groups is 1. The Balaban J connectivity index is 1.62. The molecule has 0 radical (unpaired) electrons. The number of benzene rings is 1. The van der Waals surface area contributed by atoms with E-state index >= 15 is 0 Å². The average molecular weight is 500 g/mol. The molecule has 0 saturated carbocycles. The molecule has 2 heterocycles. The molecule has 6 nitrogen and oxygen atoms in total. The number of alkyl halides is 3. The van der Waals surface area contributed by atoms with Crippen molar-refractivity contribution < 1.29 is 27.4 Å². The molecule has 2 aliphatic heterocycles. The summed E-state index contributed by atoms with van der Waals surface area (Å²) in [6, 6.07) is 5.93. The molecule has 198 valence electrons. The molecule has 0 aliphatic carbocycles. The Labute approximate surface area is 207 Å². The van der Waals surface area contributed by atoms with E-state index in [-0.39, 0.29) is 18.2 Å². The Morgan fingerprint density at radius 3 is 2.23 bits per heavy atom. The van der Waals surface area contributed by atoms with E-state index in [2.05, 4.69) is 23.6 Å². The van der Waals surface area contributed by atoms with E-state index in [4.69, 9.17) is 9.47 Å². The van der Waals surface area contributed by atoms with E-state index in [1.807, 2.05) is 25.7 Å². The van der Waals surface area contributed by atoms with Crippen molar-refractivity contribution in [2.75, 3.05) is 46.4 Å². The van der Waals surface area contributed by atoms with Gasteiger partial charge in [0, 0.05) is 51.9 Å². The van der Waals surface area contributed by atoms with Gasteiger partial charge in [-0.1, -0.05) is 19.1 Å². The Morgan fingerprint density at radius 2 is 1.71 bits per heavy atom. The zero-order valence-electron chi connectivity index (χ0n) is 21.8. The van der Waals surface area contributed by atoms with Crippen molar-refractivity contribution in [2.45, 2.75) is 70.9 Å². The zero-order chi connectivity index (χ0) is 26.0. The Morgan fingerprint density at radius 1 is 1.06 bits per heavy atom. The number of piperidine rings is 1. The molecule has 2 unspecified atom stereocenters. The first-order chi connectivity index (χ1) is 16.3. The van der Waals surface area contributed by atoms with Crippen LogP contribution in [0.15, 0.2) is 24.3 Å². The quantitative estimate of drug-likeness (QED) is 0.568. The molecule has 1 amide bonds. The van der Waals surface area contributed by atoms with Gasteiger partial charge in [-0.2, -0.15) is 13.2 Å². The van der Waals surface area contributed by atoms with Crippen LogP contribution in [0.25, 0.3) is 0 Å². The first-order valence-electron chi connectivity index (χ1n) is 12.4. The van der Waals surface area contributed by atoms with Gasteiger partial charge in [0.2, 0.25) is 0 Å². The molecule has 0 aromatic heterocycles. The fraction of sp³-hybridized carbons (Fsp3) is 0.731. The summed E-state index contributed by atoms with van der Waals surface area (Å²) in [5.74, 6) is 0.319. The molecule has 3 rings (SSSR count). The number of piperazine rings is 1. The third-order valence-corrected chi connectivity index (χ3v) is 7.04. The topological polar surface area (TPSA) is 45.2 Å². The highest BCUT2D eigenvalue weighted by atomic mass is 19.4. The summed E-state index contributed by atoms with van der Waals surface area (Å²) in [7, 11) is 1.62. The number of rotatable bonds is 5. The minimum absolute atomic E-state index is 0.106. The monoisotopic (exact) mass is 499 g/mol. The van der Waals surface area contributed by atoms with Crippen molar-refractivity contribution >= 4 is 6.09 Å². The number of halogens is 3. The molecule has 1 aromatic rings. The molecule has 0 N–H and O–H groups in total. The van der Waals surface area contributed by atoms with Crippen molar-refractivity contribution in [3.05, 3.63) is 35.4 Å². The number of carbonyl (C=O) groups excluding carboxylic acids is 1. The fourth-order valence-corrected chi connectivity index (χ4v) is 5.37. The summed E-state index contributed by atoms with van der Waals surface area (Å²) in [5, 5.41) is 0. The molecule has 0 spiro atoms. The van der Waals surface area contributed by atoms with Crippen molar-refractivity contribution in [3.8, 4) is 0 Å². The predicted molar refractivity (Wildman–Crippen MR) is 129 cm³/mol. The lowest BCUT2D eigenvalue weighted by Gasteiger charge is -2.49. The van der Waals surface area contributed by atoms with Gasteiger partial charge in [-0.25, -0.2) is 4.79 Å². The molecule has 2 saturated heterocycles. The van der Waals surface area contributed by atoms with Crippen molar-refractivity contribution in [3.63, 3.8) is 0 Å². The van der Waals surface area contributed by atoms with Gasteiger partial charge in [-0.3, -0.25) is 9.80 Å². The normalized spacial score (nSPS) is 26.0. The maximum atomic E-state index is 13.0. The van der Waals surface area contributed by atoms with Crippen LogP contribution in [0.5, 0.6) is 0 Å². The molecule has 35 heavy (non-hydrogen) atoms. The van der Waals surface area contributed by atoms with Crippen molar-refractivity contribution in [1.82, 2.24) is 14.7 Å². The highest BCUT2D eigenvalue weighted by Gasteiger charge is 2.38. The van der Waals surface area contributed by atoms with Gasteiger partial charge in [0.05, 0.1) is 18.2 Å². The number of ether oxygens (including phenoxy) is 2. The molecular formula is C26H40F3N3O3. The van der Waals surface area contributed by atoms with Crippen molar-refractivity contribution in [2.24, 2.45) is 5.92 Å². The van der Waals surface area contributed by atoms with E-state index < -0.39 is 17.3 Å². The van der Waals surface area contributed by atoms with Gasteiger partial charge in [-0.15, -0.1) is 0 Å². The van der Waals surface area contributed by atoms with Crippen LogP contribution < -0.4 is 0 Å². The lowest BCUT2D eigenvalue weighted by atomic mass is 9.91. The van der Waals surface area contributed by atoms with Crippen LogP contribution in [0.4, 0.5) is 18.0 Å². The van der Waals surface area contributed by atoms with Crippen molar-refractivity contribution in [1.29, 1.82) is 0 Å². The van der Waals surface area contributed by atoms with Gasteiger partial charge in [0.15, 0.2) is 0 Å². The summed E-state index contributed by atoms with van der Waals surface area (Å²) in [5.41, 5.74) is -0.310. The minimum atomic E-state index is -4.34. The van der Waals surface area contributed by atoms with Crippen LogP contribution in [-0.4, -0.2) is 84.9 Å². The largest absolute Gasteiger partial charge is 0.444 e. The summed E-state index contributed by atoms with van der Waals surface area (Å²) in [6.45, 7) is 14.3. The second-order valence-corrected chi connectivity index (χ2v) is 10.9. The van der Waals surface area contributed by atoms with Crippen LogP contribution >= 0.6 is 0 Å². The Kier molecular flexibility index (Phi) is 8.76. The van der Waals surface area contributed by atoms with Gasteiger partial charge in [0.25, 0.3) is 0 Å². The van der Waals surface area contributed by atoms with Crippen LogP contribution in [0, 0.1) is 5.92 Å². The highest BCUT2D eigenvalue weighted by Crippen LogP contribution is 2.33. The van der Waals surface area contributed by atoms with Gasteiger partial charge < -0.3 is 14.4 Å². The maximum absolute atomic E-state index is 13.0. The molecule has 9 heteroatoms. The number of hydrogen-bond donors (Lipinski definition) is 0. The zero-order valence-corrected chi connectivity index (χ0v) is 21.8. The van der Waals surface area contributed by atoms with Crippen LogP contribution in [0.2, 0.25) is 0 Å². The Hall–Kier alpha value is -1.84. The Bertz CT molecular complexity index is 841. The third-order valence-electron chi connectivity index (χ3n) is 7.04. The van der Waals surface area contributed by atoms with E-state index in [1.165, 1.54) is 0 Å². The van der Waals surface area contributed by atoms with Gasteiger partial charge in [0.1, 0.15) is 5.60 Å². The van der Waals surface area contributed by atoms with E-state index in [1.54, 1.807) is 19.2 Å². The van der Waals surface area contributed by atoms with E-state index in [9.17, 15) is 18.0 Å². The lowest BCUT2D eigenvalue weighted by molar-refractivity contribution is -0.137. The molecular weight excluding hydrogens is 459 g/mol. The highest BCUT2D eigenvalue weighted by molar-refractivity contribution is 5.68. The second-order valence-electron chi connectivity index (χ2n) is 10.9. The van der Waals surface area contributed by atoms with Gasteiger partial charge in [-0.05, 0) is 57.7 Å². The summed E-state index contributed by atoms with van der Waals surface area (Å²) in [4.78, 5) is 19.1. The standard InChI is InChI=1S/C26H40F3N3O3/c1-18-15-31(24(33)35-25(3,4)5)12-11-22(18)30-13-14-32(19(2)16-30)23(17-34-6)20-7-9-21(10-8-20)26(27,28)29/h7-10,18-19,22-23H,11-17H2,1-6H3/t18?,19-,22?,23-/m0/s1. The van der Waals surface area contributed by atoms with E-state index in [0.717, 1.165) is 43.8 Å². The smallest absolute Gasteiger partial charge is 0.416 e. The maximum Gasteiger partial charge on any atom is 0.416 e. The number of likely N-dealkylation sites (tertiary alicyclic amines) is 1. The second kappa shape index (κ2) is 11.0. The first-order valence-corrected chi connectivity index (χ1v) is 12.4. The summed E-state index contributed by atoms with van der Waals surface area (Å²) < 4.78 is 50.0. The van der Waals surface area contributed by atoms with Crippen LogP contribution in [-0.2, 0) is 15.7 Å². The SMILES string of the molecule is COC[C@@H](c1ccc(C(F)(F)F)cc1)N1CCN(C2CCN(C(=O)OC(C)(C)C)CC2C)C[C@@H]1C. The number of nitrogens with zero attached hydrogens (tertiary/aromatic N) is 3.